The minimum atomic E-state index is -1.36. The Kier molecular flexibility index (Phi) is 4.75. The maximum atomic E-state index is 13.7. The van der Waals surface area contributed by atoms with Crippen LogP contribution in [0.1, 0.15) is 49.8 Å². The number of hydrogen-bond donors (Lipinski definition) is 2. The van der Waals surface area contributed by atoms with E-state index in [0.717, 1.165) is 12.3 Å². The lowest BCUT2D eigenvalue weighted by Crippen LogP contribution is -2.35. The van der Waals surface area contributed by atoms with Crippen LogP contribution in [0.25, 0.3) is 0 Å². The van der Waals surface area contributed by atoms with Crippen LogP contribution in [0.2, 0.25) is 0 Å². The maximum Gasteiger partial charge on any atom is 0.337 e. The summed E-state index contributed by atoms with van der Waals surface area (Å²) in [6, 6.07) is 0.325. The van der Waals surface area contributed by atoms with Crippen molar-refractivity contribution in [1.82, 2.24) is 9.71 Å². The SMILES string of the molecule is C[C@@H](NS(=O)C(C)(C)C)c1ncc(C(=O)O)cc1F. The third-order valence-corrected chi connectivity index (χ3v) is 4.05. The normalized spacial score (nSPS) is 15.0. The average Bonchev–Trinajstić information content (AvgIpc) is 2.26. The van der Waals surface area contributed by atoms with Crippen LogP contribution < -0.4 is 4.72 Å². The van der Waals surface area contributed by atoms with Crippen molar-refractivity contribution in [3.05, 3.63) is 29.3 Å². The van der Waals surface area contributed by atoms with Gasteiger partial charge in [-0.1, -0.05) is 0 Å². The van der Waals surface area contributed by atoms with Crippen molar-refractivity contribution in [3.8, 4) is 0 Å². The summed E-state index contributed by atoms with van der Waals surface area (Å²) in [6.45, 7) is 7.00. The maximum absolute atomic E-state index is 13.7. The summed E-state index contributed by atoms with van der Waals surface area (Å²) >= 11 is 0. The Morgan fingerprint density at radius 2 is 2.11 bits per heavy atom. The Morgan fingerprint density at radius 3 is 2.53 bits per heavy atom. The monoisotopic (exact) mass is 288 g/mol. The van der Waals surface area contributed by atoms with Crippen molar-refractivity contribution in [1.29, 1.82) is 0 Å². The Balaban J connectivity index is 2.92. The van der Waals surface area contributed by atoms with Gasteiger partial charge in [-0.15, -0.1) is 0 Å². The number of carboxylic acids is 1. The lowest BCUT2D eigenvalue weighted by atomic mass is 10.2. The van der Waals surface area contributed by atoms with Gasteiger partial charge in [-0.2, -0.15) is 0 Å². The molecule has 2 atom stereocenters. The van der Waals surface area contributed by atoms with Crippen LogP contribution in [-0.2, 0) is 11.0 Å². The van der Waals surface area contributed by atoms with E-state index in [1.807, 2.05) is 0 Å². The molecule has 1 rings (SSSR count). The quantitative estimate of drug-likeness (QED) is 0.888. The number of aromatic nitrogens is 1. The topological polar surface area (TPSA) is 79.3 Å². The number of rotatable bonds is 4. The van der Waals surface area contributed by atoms with Crippen molar-refractivity contribution in [2.24, 2.45) is 0 Å². The van der Waals surface area contributed by atoms with Gasteiger partial charge in [0.05, 0.1) is 33.0 Å². The molecule has 0 aliphatic carbocycles. The fourth-order valence-corrected chi connectivity index (χ4v) is 2.06. The Morgan fingerprint density at radius 1 is 1.53 bits per heavy atom. The first kappa shape index (κ1) is 15.7. The molecule has 0 bridgehead atoms. The van der Waals surface area contributed by atoms with Gasteiger partial charge < -0.3 is 5.11 Å². The van der Waals surface area contributed by atoms with E-state index in [0.29, 0.717) is 0 Å². The van der Waals surface area contributed by atoms with E-state index in [1.54, 1.807) is 27.7 Å². The van der Waals surface area contributed by atoms with Gasteiger partial charge in [0.2, 0.25) is 0 Å². The number of pyridine rings is 1. The van der Waals surface area contributed by atoms with Crippen molar-refractivity contribution in [3.63, 3.8) is 0 Å². The second-order valence-electron chi connectivity index (χ2n) is 5.12. The summed E-state index contributed by atoms with van der Waals surface area (Å²) in [6.07, 6.45) is 1.08. The van der Waals surface area contributed by atoms with E-state index < -0.39 is 33.6 Å². The third-order valence-electron chi connectivity index (χ3n) is 2.37. The smallest absolute Gasteiger partial charge is 0.337 e. The summed E-state index contributed by atoms with van der Waals surface area (Å²) in [5.74, 6) is -1.97. The number of nitrogens with one attached hydrogen (secondary N) is 1. The molecule has 1 aromatic rings. The number of halogens is 1. The Hall–Kier alpha value is -1.34. The van der Waals surface area contributed by atoms with Gasteiger partial charge in [0.25, 0.3) is 0 Å². The van der Waals surface area contributed by atoms with Crippen molar-refractivity contribution >= 4 is 17.0 Å². The minimum absolute atomic E-state index is 0.0441. The molecule has 19 heavy (non-hydrogen) atoms. The van der Waals surface area contributed by atoms with Crippen LogP contribution in [0.5, 0.6) is 0 Å². The van der Waals surface area contributed by atoms with Crippen LogP contribution in [0.3, 0.4) is 0 Å². The van der Waals surface area contributed by atoms with Gasteiger partial charge >= 0.3 is 5.97 Å². The van der Waals surface area contributed by atoms with Crippen LogP contribution in [0.15, 0.2) is 12.3 Å². The zero-order valence-electron chi connectivity index (χ0n) is 11.2. The largest absolute Gasteiger partial charge is 0.478 e. The summed E-state index contributed by atoms with van der Waals surface area (Å²) in [7, 11) is -1.36. The summed E-state index contributed by atoms with van der Waals surface area (Å²) in [4.78, 5) is 14.5. The standard InChI is InChI=1S/C12H17FN2O3S/c1-7(15-19(18)12(2,3)4)10-9(13)5-8(6-14-10)11(16)17/h5-7,15H,1-4H3,(H,16,17)/t7-,19?/m1/s1. The van der Waals surface area contributed by atoms with Gasteiger partial charge in [-0.05, 0) is 33.8 Å². The summed E-state index contributed by atoms with van der Waals surface area (Å²) in [5.41, 5.74) is -0.173. The second-order valence-corrected chi connectivity index (χ2v) is 7.11. The molecule has 1 unspecified atom stereocenters. The van der Waals surface area contributed by atoms with Crippen molar-refractivity contribution < 1.29 is 18.5 Å². The van der Waals surface area contributed by atoms with E-state index in [-0.39, 0.29) is 11.3 Å². The molecule has 5 nitrogen and oxygen atoms in total. The van der Waals surface area contributed by atoms with Gasteiger partial charge in [0.15, 0.2) is 0 Å². The second kappa shape index (κ2) is 5.75. The molecule has 0 radical (unpaired) electrons. The van der Waals surface area contributed by atoms with Crippen LogP contribution in [-0.4, -0.2) is 25.0 Å². The first-order valence-electron chi connectivity index (χ1n) is 5.69. The highest BCUT2D eigenvalue weighted by Gasteiger charge is 2.23. The average molecular weight is 288 g/mol. The number of aromatic carboxylic acids is 1. The minimum Gasteiger partial charge on any atom is -0.478 e. The first-order chi connectivity index (χ1) is 8.62. The highest BCUT2D eigenvalue weighted by atomic mass is 32.2. The molecular formula is C12H17FN2O3S. The molecule has 7 heteroatoms. The predicted molar refractivity (Wildman–Crippen MR) is 70.6 cm³/mol. The molecule has 0 amide bonds. The van der Waals surface area contributed by atoms with Gasteiger partial charge in [-0.3, -0.25) is 4.98 Å². The molecule has 2 N–H and O–H groups in total. The zero-order chi connectivity index (χ0) is 14.8. The molecular weight excluding hydrogens is 271 g/mol. The van der Waals surface area contributed by atoms with E-state index in [1.165, 1.54) is 0 Å². The number of carboxylic acid groups (broad SMARTS) is 1. The lowest BCUT2D eigenvalue weighted by Gasteiger charge is -2.21. The van der Waals surface area contributed by atoms with Crippen LogP contribution in [0, 0.1) is 5.82 Å². The molecule has 0 aromatic carbocycles. The molecule has 0 fully saturated rings. The molecule has 0 saturated heterocycles. The summed E-state index contributed by atoms with van der Waals surface area (Å²) < 4.78 is 27.9. The number of carbonyl (C=O) groups is 1. The molecule has 106 valence electrons. The van der Waals surface area contributed by atoms with Crippen LogP contribution in [0.4, 0.5) is 4.39 Å². The molecule has 1 heterocycles. The molecule has 0 saturated carbocycles. The molecule has 0 aliphatic rings. The zero-order valence-corrected chi connectivity index (χ0v) is 12.0. The first-order valence-corrected chi connectivity index (χ1v) is 6.84. The van der Waals surface area contributed by atoms with Gasteiger partial charge in [0.1, 0.15) is 5.82 Å². The van der Waals surface area contributed by atoms with Crippen molar-refractivity contribution in [2.75, 3.05) is 0 Å². The summed E-state index contributed by atoms with van der Waals surface area (Å²) in [5, 5.41) is 8.72. The van der Waals surface area contributed by atoms with Gasteiger partial charge in [0, 0.05) is 6.20 Å². The van der Waals surface area contributed by atoms with Gasteiger partial charge in [-0.25, -0.2) is 18.1 Å². The molecule has 0 spiro atoms. The van der Waals surface area contributed by atoms with E-state index >= 15 is 0 Å². The van der Waals surface area contributed by atoms with E-state index in [9.17, 15) is 13.4 Å². The predicted octanol–water partition coefficient (Wildman–Crippen LogP) is 2.03. The fourth-order valence-electron chi connectivity index (χ4n) is 1.28. The Labute approximate surface area is 113 Å². The third kappa shape index (κ3) is 4.07. The number of hydrogen-bond acceptors (Lipinski definition) is 3. The van der Waals surface area contributed by atoms with Crippen molar-refractivity contribution in [2.45, 2.75) is 38.5 Å². The molecule has 0 aliphatic heterocycles. The number of nitrogens with zero attached hydrogens (tertiary/aromatic N) is 1. The van der Waals surface area contributed by atoms with E-state index in [2.05, 4.69) is 9.71 Å². The van der Waals surface area contributed by atoms with Crippen LogP contribution >= 0.6 is 0 Å². The highest BCUT2D eigenvalue weighted by molar-refractivity contribution is 7.84. The Bertz CT molecular complexity index is 514. The lowest BCUT2D eigenvalue weighted by molar-refractivity contribution is 0.0695. The molecule has 1 aromatic heterocycles. The van der Waals surface area contributed by atoms with E-state index in [4.69, 9.17) is 5.11 Å². The fraction of sp³-hybridized carbons (Fsp3) is 0.500. The highest BCUT2D eigenvalue weighted by Crippen LogP contribution is 2.18.